The van der Waals surface area contributed by atoms with E-state index in [0.717, 1.165) is 5.41 Å². The van der Waals surface area contributed by atoms with Crippen LogP contribution in [0.1, 0.15) is 6.42 Å². The van der Waals surface area contributed by atoms with Gasteiger partial charge in [0.05, 0.1) is 5.75 Å². The molecule has 0 spiro atoms. The Labute approximate surface area is 59.6 Å². The molecule has 0 radical (unpaired) electrons. The van der Waals surface area contributed by atoms with Gasteiger partial charge < -0.3 is 5.73 Å². The molecule has 5 heteroatoms. The normalized spacial score (nSPS) is 10.8. The van der Waals surface area contributed by atoms with Gasteiger partial charge in [-0.05, 0) is 0 Å². The molecule has 58 valence electrons. The van der Waals surface area contributed by atoms with Crippen molar-refractivity contribution in [3.8, 4) is 0 Å². The van der Waals surface area contributed by atoms with Gasteiger partial charge in [0, 0.05) is 11.8 Å². The lowest BCUT2D eigenvalue weighted by Crippen LogP contribution is -2.15. The largest absolute Gasteiger partial charge is 0.370 e. The Balaban J connectivity index is 3.93. The molecule has 0 aromatic carbocycles. The second-order valence-corrected chi connectivity index (χ2v) is 3.82. The lowest BCUT2D eigenvalue weighted by Gasteiger charge is -1.92. The number of sulfone groups is 1. The SMILES string of the molecule is C=CS(=O)(=O)CCC(N)=O. The summed E-state index contributed by atoms with van der Waals surface area (Å²) in [5, 5.41) is 0.815. The van der Waals surface area contributed by atoms with Crippen LogP contribution >= 0.6 is 0 Å². The molecule has 0 aliphatic rings. The van der Waals surface area contributed by atoms with Crippen LogP contribution < -0.4 is 5.73 Å². The molecule has 0 aliphatic carbocycles. The minimum Gasteiger partial charge on any atom is -0.370 e. The number of amides is 1. The summed E-state index contributed by atoms with van der Waals surface area (Å²) in [4.78, 5) is 10.1. The van der Waals surface area contributed by atoms with E-state index in [1.165, 1.54) is 0 Å². The van der Waals surface area contributed by atoms with Crippen LogP contribution in [0.15, 0.2) is 12.0 Å². The van der Waals surface area contributed by atoms with E-state index >= 15 is 0 Å². The predicted octanol–water partition coefficient (Wildman–Crippen LogP) is -0.580. The van der Waals surface area contributed by atoms with Crippen LogP contribution in [-0.4, -0.2) is 20.1 Å². The van der Waals surface area contributed by atoms with E-state index < -0.39 is 15.7 Å². The van der Waals surface area contributed by atoms with Gasteiger partial charge in [-0.3, -0.25) is 4.79 Å². The highest BCUT2D eigenvalue weighted by Crippen LogP contribution is 1.92. The first-order chi connectivity index (χ1) is 4.48. The molecule has 0 rings (SSSR count). The summed E-state index contributed by atoms with van der Waals surface area (Å²) in [7, 11) is -3.25. The molecule has 1 amide bonds. The summed E-state index contributed by atoms with van der Waals surface area (Å²) < 4.78 is 21.2. The fourth-order valence-electron chi connectivity index (χ4n) is 0.326. The summed E-state index contributed by atoms with van der Waals surface area (Å²) >= 11 is 0. The average molecular weight is 163 g/mol. The number of carbonyl (C=O) groups excluding carboxylic acids is 1. The lowest BCUT2D eigenvalue weighted by molar-refractivity contribution is -0.117. The standard InChI is InChI=1S/C5H9NO3S/c1-2-10(8,9)4-3-5(6)7/h2H,1,3-4H2,(H2,6,7). The Hall–Kier alpha value is -0.840. The molecule has 10 heavy (non-hydrogen) atoms. The predicted molar refractivity (Wildman–Crippen MR) is 37.8 cm³/mol. The molecule has 0 atom stereocenters. The van der Waals surface area contributed by atoms with Gasteiger partial charge in [-0.15, -0.1) is 0 Å². The van der Waals surface area contributed by atoms with Crippen molar-refractivity contribution in [3.63, 3.8) is 0 Å². The zero-order valence-corrected chi connectivity index (χ0v) is 6.23. The third kappa shape index (κ3) is 4.08. The van der Waals surface area contributed by atoms with Gasteiger partial charge in [0.1, 0.15) is 0 Å². The number of rotatable bonds is 4. The van der Waals surface area contributed by atoms with E-state index in [4.69, 9.17) is 5.73 Å². The molecule has 0 bridgehead atoms. The number of primary amides is 1. The van der Waals surface area contributed by atoms with Gasteiger partial charge in [0.25, 0.3) is 0 Å². The molecule has 2 N–H and O–H groups in total. The quantitative estimate of drug-likeness (QED) is 0.602. The first-order valence-corrected chi connectivity index (χ1v) is 4.33. The van der Waals surface area contributed by atoms with Gasteiger partial charge in [0.15, 0.2) is 9.84 Å². The van der Waals surface area contributed by atoms with Gasteiger partial charge >= 0.3 is 0 Å². The maximum atomic E-state index is 10.6. The summed E-state index contributed by atoms with van der Waals surface area (Å²) in [5.74, 6) is -0.864. The molecule has 0 aromatic rings. The lowest BCUT2D eigenvalue weighted by atomic mass is 10.5. The van der Waals surface area contributed by atoms with Crippen molar-refractivity contribution in [1.82, 2.24) is 0 Å². The second kappa shape index (κ2) is 3.36. The minimum atomic E-state index is -3.25. The van der Waals surface area contributed by atoms with Crippen molar-refractivity contribution in [2.75, 3.05) is 5.75 Å². The topological polar surface area (TPSA) is 77.2 Å². The highest BCUT2D eigenvalue weighted by molar-refractivity contribution is 7.94. The van der Waals surface area contributed by atoms with Crippen LogP contribution in [-0.2, 0) is 14.6 Å². The van der Waals surface area contributed by atoms with Crippen molar-refractivity contribution in [2.45, 2.75) is 6.42 Å². The van der Waals surface area contributed by atoms with Gasteiger partial charge in [-0.1, -0.05) is 6.58 Å². The number of hydrogen-bond acceptors (Lipinski definition) is 3. The number of nitrogens with two attached hydrogens (primary N) is 1. The van der Waals surface area contributed by atoms with E-state index in [9.17, 15) is 13.2 Å². The molecule has 4 nitrogen and oxygen atoms in total. The first kappa shape index (κ1) is 9.16. The fourth-order valence-corrected chi connectivity index (χ4v) is 0.979. The maximum absolute atomic E-state index is 10.6. The van der Waals surface area contributed by atoms with Crippen molar-refractivity contribution < 1.29 is 13.2 Å². The Kier molecular flexibility index (Phi) is 3.08. The Morgan fingerprint density at radius 2 is 2.10 bits per heavy atom. The van der Waals surface area contributed by atoms with E-state index in [0.29, 0.717) is 0 Å². The summed E-state index contributed by atoms with van der Waals surface area (Å²) in [6, 6.07) is 0. The second-order valence-electron chi connectivity index (χ2n) is 1.75. The molecular formula is C5H9NO3S. The van der Waals surface area contributed by atoms with Crippen LogP contribution in [0.5, 0.6) is 0 Å². The van der Waals surface area contributed by atoms with Crippen molar-refractivity contribution >= 4 is 15.7 Å². The van der Waals surface area contributed by atoms with Gasteiger partial charge in [-0.25, -0.2) is 8.42 Å². The third-order valence-corrected chi connectivity index (χ3v) is 2.17. The van der Waals surface area contributed by atoms with E-state index in [-0.39, 0.29) is 12.2 Å². The number of carbonyl (C=O) groups is 1. The van der Waals surface area contributed by atoms with E-state index in [1.54, 1.807) is 0 Å². The Morgan fingerprint density at radius 3 is 2.40 bits per heavy atom. The van der Waals surface area contributed by atoms with Crippen molar-refractivity contribution in [2.24, 2.45) is 5.73 Å². The molecule has 0 aromatic heterocycles. The van der Waals surface area contributed by atoms with Crippen molar-refractivity contribution in [3.05, 3.63) is 12.0 Å². The maximum Gasteiger partial charge on any atom is 0.218 e. The van der Waals surface area contributed by atoms with Crippen LogP contribution in [0.4, 0.5) is 0 Å². The highest BCUT2D eigenvalue weighted by atomic mass is 32.2. The molecular weight excluding hydrogens is 154 g/mol. The molecule has 0 aliphatic heterocycles. The molecule has 0 fully saturated rings. The van der Waals surface area contributed by atoms with Crippen LogP contribution in [0.25, 0.3) is 0 Å². The first-order valence-electron chi connectivity index (χ1n) is 2.61. The Morgan fingerprint density at radius 1 is 1.60 bits per heavy atom. The zero-order valence-electron chi connectivity index (χ0n) is 5.41. The number of hydrogen-bond donors (Lipinski definition) is 1. The van der Waals surface area contributed by atoms with Gasteiger partial charge in [-0.2, -0.15) is 0 Å². The monoisotopic (exact) mass is 163 g/mol. The smallest absolute Gasteiger partial charge is 0.218 e. The third-order valence-electron chi connectivity index (χ3n) is 0.887. The van der Waals surface area contributed by atoms with E-state index in [1.807, 2.05) is 0 Å². The molecule has 0 saturated heterocycles. The van der Waals surface area contributed by atoms with E-state index in [2.05, 4.69) is 6.58 Å². The highest BCUT2D eigenvalue weighted by Gasteiger charge is 2.05. The molecule has 0 saturated carbocycles. The molecule has 0 unspecified atom stereocenters. The average Bonchev–Trinajstić information content (AvgIpc) is 1.85. The van der Waals surface area contributed by atoms with Crippen LogP contribution in [0, 0.1) is 0 Å². The summed E-state index contributed by atoms with van der Waals surface area (Å²) in [6.07, 6.45) is -0.144. The van der Waals surface area contributed by atoms with Crippen molar-refractivity contribution in [1.29, 1.82) is 0 Å². The Bertz CT molecular complexity index is 229. The fraction of sp³-hybridized carbons (Fsp3) is 0.400. The van der Waals surface area contributed by atoms with Crippen LogP contribution in [0.2, 0.25) is 0 Å². The zero-order chi connectivity index (χ0) is 8.20. The minimum absolute atomic E-state index is 0.144. The summed E-state index contributed by atoms with van der Waals surface area (Å²) in [5.41, 5.74) is 4.72. The summed E-state index contributed by atoms with van der Waals surface area (Å²) in [6.45, 7) is 3.07. The van der Waals surface area contributed by atoms with Gasteiger partial charge in [0.2, 0.25) is 5.91 Å². The molecule has 0 heterocycles. The van der Waals surface area contributed by atoms with Crippen LogP contribution in [0.3, 0.4) is 0 Å².